The predicted octanol–water partition coefficient (Wildman–Crippen LogP) is 3.41. The normalized spacial score (nSPS) is 10.9. The summed E-state index contributed by atoms with van der Waals surface area (Å²) in [5.74, 6) is -0.323. The van der Waals surface area contributed by atoms with Crippen molar-refractivity contribution >= 4 is 27.0 Å². The molecule has 0 amide bonds. The average molecular weight is 304 g/mol. The van der Waals surface area contributed by atoms with Gasteiger partial charge in [0.2, 0.25) is 0 Å². The second-order valence-corrected chi connectivity index (χ2v) is 4.97. The number of benzene rings is 2. The third-order valence-electron chi connectivity index (χ3n) is 2.80. The summed E-state index contributed by atoms with van der Waals surface area (Å²) in [4.78, 5) is 11.8. The van der Waals surface area contributed by atoms with Crippen molar-refractivity contribution in [3.05, 3.63) is 69.1 Å². The SMILES string of the molecule is O=c1oc2ccccc2n1Cc1cccc(Br)c1. The molecule has 3 rings (SSSR count). The van der Waals surface area contributed by atoms with Crippen molar-refractivity contribution in [2.24, 2.45) is 0 Å². The first-order valence-electron chi connectivity index (χ1n) is 5.57. The molecule has 1 heterocycles. The van der Waals surface area contributed by atoms with E-state index in [0.29, 0.717) is 12.1 Å². The van der Waals surface area contributed by atoms with Crippen LogP contribution in [0.3, 0.4) is 0 Å². The summed E-state index contributed by atoms with van der Waals surface area (Å²) >= 11 is 3.42. The van der Waals surface area contributed by atoms with Crippen molar-refractivity contribution in [3.8, 4) is 0 Å². The number of nitrogens with zero attached hydrogens (tertiary/aromatic N) is 1. The van der Waals surface area contributed by atoms with Crippen molar-refractivity contribution in [1.82, 2.24) is 4.57 Å². The predicted molar refractivity (Wildman–Crippen MR) is 73.7 cm³/mol. The fourth-order valence-electron chi connectivity index (χ4n) is 1.98. The highest BCUT2D eigenvalue weighted by Gasteiger charge is 2.08. The summed E-state index contributed by atoms with van der Waals surface area (Å²) < 4.78 is 7.83. The highest BCUT2D eigenvalue weighted by atomic mass is 79.9. The monoisotopic (exact) mass is 303 g/mol. The van der Waals surface area contributed by atoms with Gasteiger partial charge in [-0.2, -0.15) is 0 Å². The Hall–Kier alpha value is -1.81. The quantitative estimate of drug-likeness (QED) is 0.727. The molecule has 0 spiro atoms. The molecular weight excluding hydrogens is 294 g/mol. The van der Waals surface area contributed by atoms with Crippen LogP contribution in [0.2, 0.25) is 0 Å². The van der Waals surface area contributed by atoms with Gasteiger partial charge in [-0.1, -0.05) is 40.2 Å². The minimum absolute atomic E-state index is 0.323. The van der Waals surface area contributed by atoms with Crippen LogP contribution in [0.25, 0.3) is 11.1 Å². The summed E-state index contributed by atoms with van der Waals surface area (Å²) in [6.07, 6.45) is 0. The van der Waals surface area contributed by atoms with E-state index in [4.69, 9.17) is 4.42 Å². The molecule has 0 saturated carbocycles. The molecule has 0 unspecified atom stereocenters. The zero-order valence-electron chi connectivity index (χ0n) is 9.47. The topological polar surface area (TPSA) is 35.1 Å². The molecule has 4 heteroatoms. The van der Waals surface area contributed by atoms with Crippen LogP contribution >= 0.6 is 15.9 Å². The first-order chi connectivity index (χ1) is 8.74. The van der Waals surface area contributed by atoms with Crippen LogP contribution in [0.15, 0.2) is 62.2 Å². The molecule has 0 atom stereocenters. The number of rotatable bonds is 2. The van der Waals surface area contributed by atoms with Crippen LogP contribution < -0.4 is 5.76 Å². The van der Waals surface area contributed by atoms with Crippen molar-refractivity contribution in [3.63, 3.8) is 0 Å². The zero-order chi connectivity index (χ0) is 12.5. The lowest BCUT2D eigenvalue weighted by atomic mass is 10.2. The summed E-state index contributed by atoms with van der Waals surface area (Å²) in [7, 11) is 0. The number of fused-ring (bicyclic) bond motifs is 1. The largest absolute Gasteiger partial charge is 0.420 e. The van der Waals surface area contributed by atoms with Crippen molar-refractivity contribution < 1.29 is 4.42 Å². The Balaban J connectivity index is 2.10. The molecule has 0 N–H and O–H groups in total. The van der Waals surface area contributed by atoms with Crippen LogP contribution in [0.4, 0.5) is 0 Å². The lowest BCUT2D eigenvalue weighted by molar-refractivity contribution is 0.517. The second-order valence-electron chi connectivity index (χ2n) is 4.05. The van der Waals surface area contributed by atoms with E-state index >= 15 is 0 Å². The van der Waals surface area contributed by atoms with E-state index in [0.717, 1.165) is 15.6 Å². The Morgan fingerprint density at radius 3 is 2.78 bits per heavy atom. The van der Waals surface area contributed by atoms with Gasteiger partial charge in [0.25, 0.3) is 0 Å². The molecule has 3 aromatic rings. The van der Waals surface area contributed by atoms with E-state index in [9.17, 15) is 4.79 Å². The highest BCUT2D eigenvalue weighted by Crippen LogP contribution is 2.16. The first-order valence-corrected chi connectivity index (χ1v) is 6.36. The maximum atomic E-state index is 11.8. The fourth-order valence-corrected chi connectivity index (χ4v) is 2.43. The van der Waals surface area contributed by atoms with E-state index < -0.39 is 0 Å². The summed E-state index contributed by atoms with van der Waals surface area (Å²) in [6, 6.07) is 15.3. The summed E-state index contributed by atoms with van der Waals surface area (Å²) in [5.41, 5.74) is 2.50. The lowest BCUT2D eigenvalue weighted by Crippen LogP contribution is -2.14. The molecule has 1 aromatic heterocycles. The van der Waals surface area contributed by atoms with Gasteiger partial charge in [0.15, 0.2) is 5.58 Å². The van der Waals surface area contributed by atoms with Gasteiger partial charge >= 0.3 is 5.76 Å². The Bertz CT molecular complexity index is 758. The lowest BCUT2D eigenvalue weighted by Gasteiger charge is -2.03. The average Bonchev–Trinajstić information content (AvgIpc) is 2.66. The van der Waals surface area contributed by atoms with Crippen LogP contribution in [0, 0.1) is 0 Å². The van der Waals surface area contributed by atoms with Gasteiger partial charge in [0.05, 0.1) is 12.1 Å². The summed E-state index contributed by atoms with van der Waals surface area (Å²) in [5, 5.41) is 0. The van der Waals surface area contributed by atoms with E-state index in [1.807, 2.05) is 42.5 Å². The summed E-state index contributed by atoms with van der Waals surface area (Å²) in [6.45, 7) is 0.509. The van der Waals surface area contributed by atoms with Crippen LogP contribution in [-0.2, 0) is 6.54 Å². The maximum Gasteiger partial charge on any atom is 0.420 e. The van der Waals surface area contributed by atoms with E-state index in [-0.39, 0.29) is 5.76 Å². The molecule has 0 bridgehead atoms. The van der Waals surface area contributed by atoms with Gasteiger partial charge in [-0.3, -0.25) is 4.57 Å². The van der Waals surface area contributed by atoms with E-state index in [1.54, 1.807) is 10.6 Å². The molecule has 90 valence electrons. The molecule has 2 aromatic carbocycles. The molecular formula is C14H10BrNO2. The molecule has 0 aliphatic carbocycles. The van der Waals surface area contributed by atoms with E-state index in [1.165, 1.54) is 0 Å². The number of hydrogen-bond donors (Lipinski definition) is 0. The van der Waals surface area contributed by atoms with Gasteiger partial charge in [-0.15, -0.1) is 0 Å². The smallest absolute Gasteiger partial charge is 0.408 e. The Labute approximate surface area is 112 Å². The third kappa shape index (κ3) is 1.99. The van der Waals surface area contributed by atoms with Crippen LogP contribution in [0.1, 0.15) is 5.56 Å². The van der Waals surface area contributed by atoms with Gasteiger partial charge < -0.3 is 4.42 Å². The maximum absolute atomic E-state index is 11.8. The van der Waals surface area contributed by atoms with Gasteiger partial charge in [-0.05, 0) is 29.8 Å². The van der Waals surface area contributed by atoms with Crippen LogP contribution in [0.5, 0.6) is 0 Å². The minimum atomic E-state index is -0.323. The number of aromatic nitrogens is 1. The zero-order valence-corrected chi connectivity index (χ0v) is 11.1. The number of para-hydroxylation sites is 2. The number of halogens is 1. The standard InChI is InChI=1S/C14H10BrNO2/c15-11-5-3-4-10(8-11)9-16-12-6-1-2-7-13(12)18-14(16)17/h1-8H,9H2. The Kier molecular flexibility index (Phi) is 2.80. The highest BCUT2D eigenvalue weighted by molar-refractivity contribution is 9.10. The second kappa shape index (κ2) is 4.46. The van der Waals surface area contributed by atoms with Gasteiger partial charge in [0.1, 0.15) is 0 Å². The Morgan fingerprint density at radius 1 is 1.11 bits per heavy atom. The molecule has 18 heavy (non-hydrogen) atoms. The minimum Gasteiger partial charge on any atom is -0.408 e. The molecule has 3 nitrogen and oxygen atoms in total. The first kappa shape index (κ1) is 11.3. The number of oxazole rings is 1. The third-order valence-corrected chi connectivity index (χ3v) is 3.30. The van der Waals surface area contributed by atoms with Crippen molar-refractivity contribution in [2.45, 2.75) is 6.54 Å². The molecule has 0 radical (unpaired) electrons. The van der Waals surface area contributed by atoms with Crippen molar-refractivity contribution in [2.75, 3.05) is 0 Å². The Morgan fingerprint density at radius 2 is 1.94 bits per heavy atom. The van der Waals surface area contributed by atoms with Gasteiger partial charge in [0, 0.05) is 4.47 Å². The van der Waals surface area contributed by atoms with Gasteiger partial charge in [-0.25, -0.2) is 4.79 Å². The van der Waals surface area contributed by atoms with Crippen molar-refractivity contribution in [1.29, 1.82) is 0 Å². The molecule has 0 fully saturated rings. The van der Waals surface area contributed by atoms with E-state index in [2.05, 4.69) is 15.9 Å². The van der Waals surface area contributed by atoms with Crippen LogP contribution in [-0.4, -0.2) is 4.57 Å². The fraction of sp³-hybridized carbons (Fsp3) is 0.0714. The number of hydrogen-bond acceptors (Lipinski definition) is 2. The molecule has 0 aliphatic rings. The molecule has 0 aliphatic heterocycles. The molecule has 0 saturated heterocycles.